The summed E-state index contributed by atoms with van der Waals surface area (Å²) in [4.78, 5) is 0. The van der Waals surface area contributed by atoms with E-state index in [2.05, 4.69) is 19.9 Å². The zero-order valence-corrected chi connectivity index (χ0v) is 11.6. The highest BCUT2D eigenvalue weighted by atomic mass is 16.5. The molecule has 100 valence electrons. The summed E-state index contributed by atoms with van der Waals surface area (Å²) in [7, 11) is 1.64. The van der Waals surface area contributed by atoms with Crippen LogP contribution in [0.25, 0.3) is 0 Å². The molecular weight excluding hydrogens is 224 g/mol. The standard InChI is InChI=1S/C16H24O2/c1-4-6-9-13(8-5-2)16(17)14-10-7-11-15(12-14)18-3/h7,9-12,16-17H,4-6,8H2,1-3H3/b13-9+. The monoisotopic (exact) mass is 248 g/mol. The van der Waals surface area contributed by atoms with E-state index in [1.165, 1.54) is 0 Å². The molecule has 0 heterocycles. The van der Waals surface area contributed by atoms with Gasteiger partial charge in [0.25, 0.3) is 0 Å². The van der Waals surface area contributed by atoms with Crippen LogP contribution in [-0.2, 0) is 0 Å². The van der Waals surface area contributed by atoms with Gasteiger partial charge < -0.3 is 9.84 Å². The first-order valence-corrected chi connectivity index (χ1v) is 6.73. The number of ether oxygens (including phenoxy) is 1. The molecule has 1 N–H and O–H groups in total. The number of aliphatic hydroxyl groups is 1. The summed E-state index contributed by atoms with van der Waals surface area (Å²) in [6, 6.07) is 7.66. The molecule has 1 atom stereocenters. The van der Waals surface area contributed by atoms with E-state index >= 15 is 0 Å². The van der Waals surface area contributed by atoms with E-state index in [0.29, 0.717) is 0 Å². The number of benzene rings is 1. The van der Waals surface area contributed by atoms with Crippen LogP contribution in [0.5, 0.6) is 5.75 Å². The van der Waals surface area contributed by atoms with Crippen molar-refractivity contribution in [3.63, 3.8) is 0 Å². The van der Waals surface area contributed by atoms with Crippen molar-refractivity contribution in [3.8, 4) is 5.75 Å². The lowest BCUT2D eigenvalue weighted by Gasteiger charge is -2.16. The first-order valence-electron chi connectivity index (χ1n) is 6.73. The Balaban J connectivity index is 2.89. The van der Waals surface area contributed by atoms with Gasteiger partial charge in [0.2, 0.25) is 0 Å². The molecule has 0 spiro atoms. The molecular formula is C16H24O2. The normalized spacial score (nSPS) is 13.4. The van der Waals surface area contributed by atoms with Crippen LogP contribution >= 0.6 is 0 Å². The zero-order valence-electron chi connectivity index (χ0n) is 11.6. The van der Waals surface area contributed by atoms with E-state index in [9.17, 15) is 5.11 Å². The van der Waals surface area contributed by atoms with E-state index in [1.54, 1.807) is 7.11 Å². The van der Waals surface area contributed by atoms with Crippen molar-refractivity contribution < 1.29 is 9.84 Å². The molecule has 2 nitrogen and oxygen atoms in total. The van der Waals surface area contributed by atoms with Crippen LogP contribution in [0.15, 0.2) is 35.9 Å². The molecule has 0 bridgehead atoms. The van der Waals surface area contributed by atoms with Gasteiger partial charge in [-0.25, -0.2) is 0 Å². The second-order valence-corrected chi connectivity index (χ2v) is 4.50. The fourth-order valence-corrected chi connectivity index (χ4v) is 1.99. The Morgan fingerprint density at radius 3 is 2.72 bits per heavy atom. The van der Waals surface area contributed by atoms with Gasteiger partial charge >= 0.3 is 0 Å². The largest absolute Gasteiger partial charge is 0.497 e. The molecule has 2 heteroatoms. The maximum atomic E-state index is 10.4. The Kier molecular flexibility index (Phi) is 6.51. The van der Waals surface area contributed by atoms with E-state index < -0.39 is 6.10 Å². The zero-order chi connectivity index (χ0) is 13.4. The summed E-state index contributed by atoms with van der Waals surface area (Å²) in [6.07, 6.45) is 5.79. The molecule has 0 saturated heterocycles. The third-order valence-electron chi connectivity index (χ3n) is 2.99. The van der Waals surface area contributed by atoms with Crippen LogP contribution in [0, 0.1) is 0 Å². The summed E-state index contributed by atoms with van der Waals surface area (Å²) in [5.74, 6) is 0.790. The van der Waals surface area contributed by atoms with E-state index in [4.69, 9.17) is 4.74 Å². The molecule has 0 radical (unpaired) electrons. The van der Waals surface area contributed by atoms with Gasteiger partial charge in [0, 0.05) is 0 Å². The quantitative estimate of drug-likeness (QED) is 0.731. The molecule has 0 fully saturated rings. The van der Waals surface area contributed by atoms with E-state index in [-0.39, 0.29) is 0 Å². The lowest BCUT2D eigenvalue weighted by atomic mass is 9.96. The van der Waals surface area contributed by atoms with Crippen LogP contribution < -0.4 is 4.74 Å². The number of aliphatic hydroxyl groups excluding tert-OH is 1. The predicted molar refractivity (Wildman–Crippen MR) is 75.9 cm³/mol. The maximum absolute atomic E-state index is 10.4. The Labute approximate surface area is 110 Å². The number of unbranched alkanes of at least 4 members (excludes halogenated alkanes) is 1. The molecule has 0 amide bonds. The average Bonchev–Trinajstić information content (AvgIpc) is 2.42. The van der Waals surface area contributed by atoms with E-state index in [0.717, 1.165) is 42.6 Å². The highest BCUT2D eigenvalue weighted by Gasteiger charge is 2.13. The average molecular weight is 248 g/mol. The van der Waals surface area contributed by atoms with Crippen LogP contribution in [0.4, 0.5) is 0 Å². The topological polar surface area (TPSA) is 29.5 Å². The van der Waals surface area contributed by atoms with Crippen molar-refractivity contribution in [2.75, 3.05) is 7.11 Å². The lowest BCUT2D eigenvalue weighted by molar-refractivity contribution is 0.210. The van der Waals surface area contributed by atoms with Crippen molar-refractivity contribution in [1.29, 1.82) is 0 Å². The number of rotatable bonds is 7. The summed E-state index contributed by atoms with van der Waals surface area (Å²) in [5, 5.41) is 10.4. The fraction of sp³-hybridized carbons (Fsp3) is 0.500. The van der Waals surface area contributed by atoms with Crippen LogP contribution in [-0.4, -0.2) is 12.2 Å². The van der Waals surface area contributed by atoms with Crippen LogP contribution in [0.1, 0.15) is 51.2 Å². The van der Waals surface area contributed by atoms with Crippen molar-refractivity contribution in [2.45, 2.75) is 45.6 Å². The van der Waals surface area contributed by atoms with Gasteiger partial charge in [0.05, 0.1) is 7.11 Å². The predicted octanol–water partition coefficient (Wildman–Crippen LogP) is 4.26. The van der Waals surface area contributed by atoms with Crippen molar-refractivity contribution >= 4 is 0 Å². The highest BCUT2D eigenvalue weighted by Crippen LogP contribution is 2.28. The van der Waals surface area contributed by atoms with Crippen LogP contribution in [0.2, 0.25) is 0 Å². The second-order valence-electron chi connectivity index (χ2n) is 4.50. The van der Waals surface area contributed by atoms with Crippen molar-refractivity contribution in [1.82, 2.24) is 0 Å². The first-order chi connectivity index (χ1) is 8.72. The van der Waals surface area contributed by atoms with Crippen LogP contribution in [0.3, 0.4) is 0 Å². The smallest absolute Gasteiger partial charge is 0.119 e. The van der Waals surface area contributed by atoms with Crippen molar-refractivity contribution in [2.24, 2.45) is 0 Å². The second kappa shape index (κ2) is 7.93. The first kappa shape index (κ1) is 14.8. The summed E-state index contributed by atoms with van der Waals surface area (Å²) >= 11 is 0. The van der Waals surface area contributed by atoms with Gasteiger partial charge in [-0.2, -0.15) is 0 Å². The lowest BCUT2D eigenvalue weighted by Crippen LogP contribution is -2.02. The molecule has 0 aliphatic rings. The third kappa shape index (κ3) is 4.19. The summed E-state index contributed by atoms with van der Waals surface area (Å²) in [5.41, 5.74) is 2.03. The fourth-order valence-electron chi connectivity index (χ4n) is 1.99. The molecule has 1 rings (SSSR count). The Hall–Kier alpha value is -1.28. The SMILES string of the molecule is CCC/C=C(\CCC)C(O)c1cccc(OC)c1. The molecule has 0 aromatic heterocycles. The summed E-state index contributed by atoms with van der Waals surface area (Å²) < 4.78 is 5.20. The third-order valence-corrected chi connectivity index (χ3v) is 2.99. The Morgan fingerprint density at radius 1 is 1.33 bits per heavy atom. The van der Waals surface area contributed by atoms with Gasteiger partial charge in [-0.05, 0) is 36.1 Å². The van der Waals surface area contributed by atoms with Gasteiger partial charge in [0.1, 0.15) is 11.9 Å². The minimum Gasteiger partial charge on any atom is -0.497 e. The number of hydrogen-bond donors (Lipinski definition) is 1. The molecule has 18 heavy (non-hydrogen) atoms. The highest BCUT2D eigenvalue weighted by molar-refractivity contribution is 5.33. The van der Waals surface area contributed by atoms with Gasteiger partial charge in [-0.15, -0.1) is 0 Å². The van der Waals surface area contributed by atoms with Gasteiger partial charge in [-0.1, -0.05) is 44.9 Å². The minimum atomic E-state index is -0.508. The molecule has 1 aromatic carbocycles. The van der Waals surface area contributed by atoms with Gasteiger partial charge in [0.15, 0.2) is 0 Å². The Morgan fingerprint density at radius 2 is 2.11 bits per heavy atom. The molecule has 0 aliphatic carbocycles. The molecule has 1 unspecified atom stereocenters. The van der Waals surface area contributed by atoms with E-state index in [1.807, 2.05) is 24.3 Å². The Bertz CT molecular complexity index is 382. The molecule has 0 aliphatic heterocycles. The minimum absolute atomic E-state index is 0.508. The number of allylic oxidation sites excluding steroid dienone is 1. The number of hydrogen-bond acceptors (Lipinski definition) is 2. The number of methoxy groups -OCH3 is 1. The molecule has 0 saturated carbocycles. The summed E-state index contributed by atoms with van der Waals surface area (Å²) in [6.45, 7) is 4.29. The molecule has 1 aromatic rings. The maximum Gasteiger partial charge on any atom is 0.119 e. The van der Waals surface area contributed by atoms with Crippen molar-refractivity contribution in [3.05, 3.63) is 41.5 Å². The van der Waals surface area contributed by atoms with Gasteiger partial charge in [-0.3, -0.25) is 0 Å².